The van der Waals surface area contributed by atoms with E-state index in [2.05, 4.69) is 6.92 Å². The van der Waals surface area contributed by atoms with Crippen LogP contribution in [0.1, 0.15) is 111 Å². The molecule has 0 aliphatic heterocycles. The molecule has 0 amide bonds. The molecule has 3 nitrogen and oxygen atoms in total. The van der Waals surface area contributed by atoms with Crippen LogP contribution in [0.5, 0.6) is 0 Å². The Kier molecular flexibility index (Phi) is 17.6. The molecule has 0 aromatic heterocycles. The fourth-order valence-corrected chi connectivity index (χ4v) is 3.01. The quantitative estimate of drug-likeness (QED) is 0.317. The van der Waals surface area contributed by atoms with E-state index in [0.717, 1.165) is 12.8 Å². The maximum atomic E-state index is 10.0. The molecule has 0 rings (SSSR count). The molecule has 0 aromatic carbocycles. The Hall–Kier alpha value is -0.120. The van der Waals surface area contributed by atoms with Crippen molar-refractivity contribution in [1.29, 1.82) is 0 Å². The van der Waals surface area contributed by atoms with E-state index in [9.17, 15) is 10.2 Å². The smallest absolute Gasteiger partial charge is 0.0807 e. The number of rotatable bonds is 18. The molecular formula is C21H44O3. The first-order chi connectivity index (χ1) is 11.6. The third-order valence-electron chi connectivity index (χ3n) is 4.75. The number of hydrogen-bond acceptors (Lipinski definition) is 3. The summed E-state index contributed by atoms with van der Waals surface area (Å²) in [5, 5.41) is 19.2. The van der Waals surface area contributed by atoms with Crippen LogP contribution in [0.4, 0.5) is 0 Å². The minimum absolute atomic E-state index is 0.183. The van der Waals surface area contributed by atoms with Crippen molar-refractivity contribution < 1.29 is 14.9 Å². The van der Waals surface area contributed by atoms with Crippen LogP contribution >= 0.6 is 0 Å². The van der Waals surface area contributed by atoms with Crippen LogP contribution in [0, 0.1) is 0 Å². The predicted octanol–water partition coefficient (Wildman–Crippen LogP) is 5.61. The van der Waals surface area contributed by atoms with Crippen molar-refractivity contribution in [3.8, 4) is 0 Å². The van der Waals surface area contributed by atoms with Gasteiger partial charge in [-0.1, -0.05) is 90.4 Å². The van der Waals surface area contributed by atoms with Gasteiger partial charge in [0, 0.05) is 0 Å². The summed E-state index contributed by atoms with van der Waals surface area (Å²) in [4.78, 5) is 0. The number of aliphatic hydroxyl groups excluding tert-OH is 2. The van der Waals surface area contributed by atoms with Crippen LogP contribution in [-0.2, 0) is 4.74 Å². The Morgan fingerprint density at radius 2 is 1.08 bits per heavy atom. The summed E-state index contributed by atoms with van der Waals surface area (Å²) < 4.78 is 5.43. The molecular weight excluding hydrogens is 300 g/mol. The van der Waals surface area contributed by atoms with Gasteiger partial charge in [-0.3, -0.25) is 0 Å². The summed E-state index contributed by atoms with van der Waals surface area (Å²) in [6.07, 6.45) is 17.2. The Labute approximate surface area is 151 Å². The van der Waals surface area contributed by atoms with Crippen molar-refractivity contribution in [2.24, 2.45) is 0 Å². The van der Waals surface area contributed by atoms with Crippen LogP contribution in [0.15, 0.2) is 0 Å². The summed E-state index contributed by atoms with van der Waals surface area (Å²) in [6.45, 7) is 6.16. The lowest BCUT2D eigenvalue weighted by Gasteiger charge is -2.20. The molecule has 0 spiro atoms. The lowest BCUT2D eigenvalue weighted by molar-refractivity contribution is -0.0566. The van der Waals surface area contributed by atoms with Gasteiger partial charge in [0.15, 0.2) is 0 Å². The first kappa shape index (κ1) is 23.9. The van der Waals surface area contributed by atoms with Gasteiger partial charge in [-0.05, 0) is 20.3 Å². The maximum Gasteiger partial charge on any atom is 0.0807 e. The fraction of sp³-hybridized carbons (Fsp3) is 1.00. The van der Waals surface area contributed by atoms with Gasteiger partial charge in [0.05, 0.1) is 24.9 Å². The highest BCUT2D eigenvalue weighted by Crippen LogP contribution is 2.14. The van der Waals surface area contributed by atoms with Crippen molar-refractivity contribution in [2.75, 3.05) is 6.61 Å². The van der Waals surface area contributed by atoms with E-state index in [1.54, 1.807) is 6.92 Å². The van der Waals surface area contributed by atoms with Gasteiger partial charge in [-0.2, -0.15) is 0 Å². The van der Waals surface area contributed by atoms with Crippen LogP contribution in [0.25, 0.3) is 0 Å². The average molecular weight is 345 g/mol. The molecule has 146 valence electrons. The second-order valence-corrected chi connectivity index (χ2v) is 7.49. The minimum atomic E-state index is -0.462. The molecule has 0 aliphatic carbocycles. The molecule has 0 heterocycles. The second-order valence-electron chi connectivity index (χ2n) is 7.49. The maximum absolute atomic E-state index is 10.0. The molecule has 0 radical (unpaired) electrons. The molecule has 3 atom stereocenters. The predicted molar refractivity (Wildman–Crippen MR) is 103 cm³/mol. The van der Waals surface area contributed by atoms with Crippen LogP contribution in [0.3, 0.4) is 0 Å². The highest BCUT2D eigenvalue weighted by atomic mass is 16.5. The zero-order valence-electron chi connectivity index (χ0n) is 16.6. The number of ether oxygens (including phenoxy) is 1. The van der Waals surface area contributed by atoms with E-state index in [-0.39, 0.29) is 6.10 Å². The monoisotopic (exact) mass is 344 g/mol. The molecule has 0 bridgehead atoms. The van der Waals surface area contributed by atoms with Crippen molar-refractivity contribution in [3.63, 3.8) is 0 Å². The first-order valence-corrected chi connectivity index (χ1v) is 10.6. The molecule has 3 unspecified atom stereocenters. The largest absolute Gasteiger partial charge is 0.391 e. The molecule has 24 heavy (non-hydrogen) atoms. The van der Waals surface area contributed by atoms with Gasteiger partial charge in [0.2, 0.25) is 0 Å². The van der Waals surface area contributed by atoms with Gasteiger partial charge in [-0.25, -0.2) is 0 Å². The number of hydrogen-bond donors (Lipinski definition) is 2. The van der Waals surface area contributed by atoms with Crippen molar-refractivity contribution in [3.05, 3.63) is 0 Å². The summed E-state index contributed by atoms with van der Waals surface area (Å²) in [7, 11) is 0. The standard InChI is InChI=1S/C21H44O3/c1-4-5-6-7-8-9-10-11-12-13-14-15-16-17-21(23)20(3)24-18-19(2)22/h19-23H,4-18H2,1-3H3. The minimum Gasteiger partial charge on any atom is -0.391 e. The molecule has 0 saturated carbocycles. The topological polar surface area (TPSA) is 49.7 Å². The zero-order chi connectivity index (χ0) is 18.0. The molecule has 0 aliphatic rings. The van der Waals surface area contributed by atoms with Crippen LogP contribution < -0.4 is 0 Å². The highest BCUT2D eigenvalue weighted by Gasteiger charge is 2.14. The average Bonchev–Trinajstić information content (AvgIpc) is 2.56. The first-order valence-electron chi connectivity index (χ1n) is 10.6. The third kappa shape index (κ3) is 16.7. The van der Waals surface area contributed by atoms with Gasteiger partial charge in [0.1, 0.15) is 0 Å². The zero-order valence-corrected chi connectivity index (χ0v) is 16.6. The van der Waals surface area contributed by atoms with Crippen LogP contribution in [0.2, 0.25) is 0 Å². The van der Waals surface area contributed by atoms with E-state index in [1.165, 1.54) is 77.0 Å². The van der Waals surface area contributed by atoms with Gasteiger partial charge >= 0.3 is 0 Å². The van der Waals surface area contributed by atoms with E-state index < -0.39 is 12.2 Å². The molecule has 0 fully saturated rings. The summed E-state index contributed by atoms with van der Waals surface area (Å²) in [6, 6.07) is 0. The fourth-order valence-electron chi connectivity index (χ4n) is 3.01. The molecule has 2 N–H and O–H groups in total. The third-order valence-corrected chi connectivity index (χ3v) is 4.75. The van der Waals surface area contributed by atoms with Crippen LogP contribution in [-0.4, -0.2) is 35.1 Å². The van der Waals surface area contributed by atoms with E-state index >= 15 is 0 Å². The van der Waals surface area contributed by atoms with E-state index in [0.29, 0.717) is 6.61 Å². The van der Waals surface area contributed by atoms with Gasteiger partial charge < -0.3 is 14.9 Å². The Bertz CT molecular complexity index is 243. The summed E-state index contributed by atoms with van der Waals surface area (Å²) in [5.74, 6) is 0. The summed E-state index contributed by atoms with van der Waals surface area (Å²) in [5.41, 5.74) is 0. The Balaban J connectivity index is 3.24. The normalized spacial score (nSPS) is 15.4. The lowest BCUT2D eigenvalue weighted by Crippen LogP contribution is -2.28. The Morgan fingerprint density at radius 1 is 0.667 bits per heavy atom. The van der Waals surface area contributed by atoms with E-state index in [1.807, 2.05) is 6.92 Å². The van der Waals surface area contributed by atoms with Crippen molar-refractivity contribution >= 4 is 0 Å². The lowest BCUT2D eigenvalue weighted by atomic mass is 10.0. The van der Waals surface area contributed by atoms with Gasteiger partial charge in [0.25, 0.3) is 0 Å². The van der Waals surface area contributed by atoms with Crippen molar-refractivity contribution in [1.82, 2.24) is 0 Å². The van der Waals surface area contributed by atoms with Gasteiger partial charge in [-0.15, -0.1) is 0 Å². The molecule has 0 aromatic rings. The van der Waals surface area contributed by atoms with E-state index in [4.69, 9.17) is 4.74 Å². The highest BCUT2D eigenvalue weighted by molar-refractivity contribution is 4.65. The SMILES string of the molecule is CCCCCCCCCCCCCCCC(O)C(C)OCC(C)O. The molecule has 0 saturated heterocycles. The Morgan fingerprint density at radius 3 is 1.50 bits per heavy atom. The number of unbranched alkanes of at least 4 members (excludes halogenated alkanes) is 12. The number of aliphatic hydroxyl groups is 2. The summed E-state index contributed by atoms with van der Waals surface area (Å²) >= 11 is 0. The molecule has 3 heteroatoms. The second kappa shape index (κ2) is 17.7. The van der Waals surface area contributed by atoms with Crippen molar-refractivity contribution in [2.45, 2.75) is 129 Å².